The van der Waals surface area contributed by atoms with Crippen LogP contribution >= 0.6 is 0 Å². The molecule has 6 heteroatoms. The first-order valence-electron chi connectivity index (χ1n) is 4.21. The summed E-state index contributed by atoms with van der Waals surface area (Å²) >= 11 is 0. The molecule has 0 spiro atoms. The van der Waals surface area contributed by atoms with Crippen molar-refractivity contribution in [3.63, 3.8) is 0 Å². The normalized spacial score (nSPS) is 12.6. The van der Waals surface area contributed by atoms with Crippen LogP contribution in [-0.2, 0) is 11.2 Å². The summed E-state index contributed by atoms with van der Waals surface area (Å²) in [7, 11) is 0. The molecule has 78 valence electrons. The molecule has 1 rings (SSSR count). The van der Waals surface area contributed by atoms with E-state index in [2.05, 4.69) is 9.40 Å². The average molecular weight is 200 g/mol. The number of carbonyl (C=O) groups is 1. The molecule has 1 aromatic heterocycles. The predicted octanol–water partition coefficient (Wildman–Crippen LogP) is -0.863. The lowest BCUT2D eigenvalue weighted by atomic mass is 10.1. The van der Waals surface area contributed by atoms with Gasteiger partial charge in [0.15, 0.2) is 0 Å². The molecule has 0 bridgehead atoms. The van der Waals surface area contributed by atoms with Crippen LogP contribution in [0.25, 0.3) is 0 Å². The van der Waals surface area contributed by atoms with Crippen LogP contribution in [0.15, 0.2) is 15.4 Å². The zero-order valence-electron chi connectivity index (χ0n) is 7.53. The number of aromatic amines is 1. The maximum atomic E-state index is 10.6. The van der Waals surface area contributed by atoms with Gasteiger partial charge in [-0.3, -0.25) is 9.78 Å². The fraction of sp³-hybridized carbons (Fsp3) is 0.500. The fourth-order valence-corrected chi connectivity index (χ4v) is 1.06. The van der Waals surface area contributed by atoms with Gasteiger partial charge in [0.2, 0.25) is 5.91 Å². The topological polar surface area (TPSA) is 109 Å². The van der Waals surface area contributed by atoms with Gasteiger partial charge in [-0.05, 0) is 6.42 Å². The first-order chi connectivity index (χ1) is 6.58. The summed E-state index contributed by atoms with van der Waals surface area (Å²) in [5.74, 6) is -0.645. The van der Waals surface area contributed by atoms with Gasteiger partial charge < -0.3 is 15.3 Å². The van der Waals surface area contributed by atoms with Gasteiger partial charge in [-0.25, -0.2) is 4.79 Å². The van der Waals surface area contributed by atoms with Gasteiger partial charge in [0.25, 0.3) is 0 Å². The summed E-state index contributed by atoms with van der Waals surface area (Å²) in [6.45, 7) is 0. The predicted molar refractivity (Wildman–Crippen MR) is 47.5 cm³/mol. The van der Waals surface area contributed by atoms with Gasteiger partial charge in [0.05, 0.1) is 6.10 Å². The molecule has 0 aliphatic carbocycles. The number of nitrogens with one attached hydrogen (secondary N) is 1. The van der Waals surface area contributed by atoms with Gasteiger partial charge in [-0.2, -0.15) is 0 Å². The number of aromatic nitrogens is 1. The molecule has 4 N–H and O–H groups in total. The Kier molecular flexibility index (Phi) is 3.47. The average Bonchev–Trinajstić information content (AvgIpc) is 2.48. The number of primary amides is 1. The molecule has 1 atom stereocenters. The van der Waals surface area contributed by atoms with E-state index in [0.717, 1.165) is 0 Å². The summed E-state index contributed by atoms with van der Waals surface area (Å²) in [5.41, 5.74) is 4.91. The van der Waals surface area contributed by atoms with E-state index in [1.807, 2.05) is 0 Å². The Hall–Kier alpha value is -1.56. The van der Waals surface area contributed by atoms with Gasteiger partial charge in [-0.1, -0.05) is 0 Å². The van der Waals surface area contributed by atoms with E-state index >= 15 is 0 Å². The van der Waals surface area contributed by atoms with Crippen molar-refractivity contribution in [3.8, 4) is 0 Å². The summed E-state index contributed by atoms with van der Waals surface area (Å²) in [4.78, 5) is 23.3. The molecule has 0 saturated carbocycles. The molecule has 0 fully saturated rings. The minimum atomic E-state index is -0.721. The minimum absolute atomic E-state index is 0.121. The van der Waals surface area contributed by atoms with Crippen LogP contribution in [-0.4, -0.2) is 22.1 Å². The lowest BCUT2D eigenvalue weighted by molar-refractivity contribution is -0.118. The van der Waals surface area contributed by atoms with Crippen molar-refractivity contribution < 1.29 is 14.3 Å². The molecule has 0 aromatic carbocycles. The van der Waals surface area contributed by atoms with Crippen molar-refractivity contribution in [2.45, 2.75) is 25.4 Å². The number of rotatable bonds is 5. The Labute approximate surface area is 79.7 Å². The van der Waals surface area contributed by atoms with Gasteiger partial charge in [0.1, 0.15) is 5.76 Å². The summed E-state index contributed by atoms with van der Waals surface area (Å²) in [5, 5.41) is 9.38. The van der Waals surface area contributed by atoms with Crippen LogP contribution < -0.4 is 11.5 Å². The minimum Gasteiger partial charge on any atom is -0.413 e. The van der Waals surface area contributed by atoms with Crippen molar-refractivity contribution in [2.75, 3.05) is 0 Å². The monoisotopic (exact) mass is 200 g/mol. The van der Waals surface area contributed by atoms with Gasteiger partial charge in [-0.15, -0.1) is 0 Å². The molecule has 0 radical (unpaired) electrons. The van der Waals surface area contributed by atoms with Crippen LogP contribution in [0.3, 0.4) is 0 Å². The standard InChI is InChI=1S/C8H12N2O4/c9-7(12)2-1-5(11)3-6-4-10-8(13)14-6/h4-5,11H,1-3H2,(H2,9,12)(H,10,13). The number of carbonyl (C=O) groups excluding carboxylic acids is 1. The second-order valence-electron chi connectivity index (χ2n) is 3.01. The van der Waals surface area contributed by atoms with E-state index in [4.69, 9.17) is 5.73 Å². The van der Waals surface area contributed by atoms with E-state index in [0.29, 0.717) is 5.76 Å². The highest BCUT2D eigenvalue weighted by molar-refractivity contribution is 5.73. The Morgan fingerprint density at radius 1 is 1.71 bits per heavy atom. The molecule has 0 aliphatic heterocycles. The number of hydrogen-bond acceptors (Lipinski definition) is 4. The van der Waals surface area contributed by atoms with Crippen LogP contribution in [0.2, 0.25) is 0 Å². The van der Waals surface area contributed by atoms with Gasteiger partial charge in [0, 0.05) is 19.0 Å². The zero-order chi connectivity index (χ0) is 10.6. The maximum Gasteiger partial charge on any atom is 0.416 e. The number of oxazole rings is 1. The molecule has 0 saturated heterocycles. The number of aliphatic hydroxyl groups is 1. The highest BCUT2D eigenvalue weighted by Gasteiger charge is 2.09. The van der Waals surface area contributed by atoms with Crippen molar-refractivity contribution in [2.24, 2.45) is 5.73 Å². The zero-order valence-corrected chi connectivity index (χ0v) is 7.53. The largest absolute Gasteiger partial charge is 0.416 e. The highest BCUT2D eigenvalue weighted by Crippen LogP contribution is 2.04. The molecule has 0 aliphatic rings. The lowest BCUT2D eigenvalue weighted by Gasteiger charge is -2.05. The van der Waals surface area contributed by atoms with Crippen LogP contribution in [0, 0.1) is 0 Å². The fourth-order valence-electron chi connectivity index (χ4n) is 1.06. The van der Waals surface area contributed by atoms with Crippen molar-refractivity contribution in [3.05, 3.63) is 22.5 Å². The first kappa shape index (κ1) is 10.5. The second kappa shape index (κ2) is 4.61. The molecule has 14 heavy (non-hydrogen) atoms. The highest BCUT2D eigenvalue weighted by atomic mass is 16.4. The SMILES string of the molecule is NC(=O)CCC(O)Cc1c[nH]c(=O)o1. The quantitative estimate of drug-likeness (QED) is 0.574. The third-order valence-corrected chi connectivity index (χ3v) is 1.74. The number of amides is 1. The molecule has 6 nitrogen and oxygen atoms in total. The van der Waals surface area contributed by atoms with E-state index < -0.39 is 17.8 Å². The molecule has 1 heterocycles. The van der Waals surface area contributed by atoms with Crippen LogP contribution in [0.1, 0.15) is 18.6 Å². The third kappa shape index (κ3) is 3.44. The molecular formula is C8H12N2O4. The maximum absolute atomic E-state index is 10.6. The Bertz CT molecular complexity index is 354. The van der Waals surface area contributed by atoms with Crippen molar-refractivity contribution in [1.82, 2.24) is 4.98 Å². The summed E-state index contributed by atoms with van der Waals surface area (Å²) in [6, 6.07) is 0. The second-order valence-corrected chi connectivity index (χ2v) is 3.01. The number of nitrogens with two attached hydrogens (primary N) is 1. The summed E-state index contributed by atoms with van der Waals surface area (Å²) < 4.78 is 4.67. The van der Waals surface area contributed by atoms with E-state index in [9.17, 15) is 14.7 Å². The van der Waals surface area contributed by atoms with E-state index in [1.165, 1.54) is 6.20 Å². The smallest absolute Gasteiger partial charge is 0.413 e. The molecule has 1 aromatic rings. The van der Waals surface area contributed by atoms with Crippen LogP contribution in [0.5, 0.6) is 0 Å². The van der Waals surface area contributed by atoms with E-state index in [1.54, 1.807) is 0 Å². The Morgan fingerprint density at radius 2 is 2.43 bits per heavy atom. The Morgan fingerprint density at radius 3 is 2.93 bits per heavy atom. The van der Waals surface area contributed by atoms with Crippen LogP contribution in [0.4, 0.5) is 0 Å². The summed E-state index contributed by atoms with van der Waals surface area (Å²) in [6.07, 6.45) is 1.25. The molecule has 1 unspecified atom stereocenters. The van der Waals surface area contributed by atoms with E-state index in [-0.39, 0.29) is 19.3 Å². The lowest BCUT2D eigenvalue weighted by Crippen LogP contribution is -2.16. The third-order valence-electron chi connectivity index (χ3n) is 1.74. The van der Waals surface area contributed by atoms with Gasteiger partial charge >= 0.3 is 5.76 Å². The van der Waals surface area contributed by atoms with Crippen molar-refractivity contribution >= 4 is 5.91 Å². The molecular weight excluding hydrogens is 188 g/mol. The number of aliphatic hydroxyl groups excluding tert-OH is 1. The number of hydrogen-bond donors (Lipinski definition) is 3. The first-order valence-corrected chi connectivity index (χ1v) is 4.21. The number of H-pyrrole nitrogens is 1. The Balaban J connectivity index is 2.37. The molecule has 1 amide bonds. The van der Waals surface area contributed by atoms with Crippen molar-refractivity contribution in [1.29, 1.82) is 0 Å².